The van der Waals surface area contributed by atoms with Gasteiger partial charge in [0.25, 0.3) is 0 Å². The van der Waals surface area contributed by atoms with Crippen molar-refractivity contribution >= 4 is 33.0 Å². The van der Waals surface area contributed by atoms with Crippen LogP contribution in [0.1, 0.15) is 41.8 Å². The summed E-state index contributed by atoms with van der Waals surface area (Å²) in [7, 11) is 0. The van der Waals surface area contributed by atoms with Gasteiger partial charge in [-0.1, -0.05) is 19.3 Å². The zero-order valence-corrected chi connectivity index (χ0v) is 10.4. The van der Waals surface area contributed by atoms with Gasteiger partial charge in [0.2, 0.25) is 0 Å². The number of carbonyl (C=O) groups is 1. The van der Waals surface area contributed by atoms with Gasteiger partial charge in [0.05, 0.1) is 4.88 Å². The Bertz CT molecular complexity index is 326. The van der Waals surface area contributed by atoms with Crippen LogP contribution in [0.3, 0.4) is 0 Å². The first-order chi connectivity index (χ1) is 6.77. The lowest BCUT2D eigenvalue weighted by molar-refractivity contribution is 0.0894. The summed E-state index contributed by atoms with van der Waals surface area (Å²) >= 11 is 4.94. The van der Waals surface area contributed by atoms with Crippen molar-refractivity contribution in [3.05, 3.63) is 20.8 Å². The molecular formula is C11H13BrOS. The van der Waals surface area contributed by atoms with Crippen LogP contribution in [0.25, 0.3) is 0 Å². The second-order valence-electron chi connectivity index (χ2n) is 3.83. The number of carbonyl (C=O) groups excluding carboxylic acids is 1. The normalized spacial score (nSPS) is 18.4. The highest BCUT2D eigenvalue weighted by Crippen LogP contribution is 2.30. The molecule has 1 aliphatic rings. The Kier molecular flexibility index (Phi) is 3.39. The average Bonchev–Trinajstić information content (AvgIpc) is 2.65. The van der Waals surface area contributed by atoms with E-state index in [4.69, 9.17) is 0 Å². The maximum Gasteiger partial charge on any atom is 0.175 e. The van der Waals surface area contributed by atoms with Crippen LogP contribution in [0.4, 0.5) is 0 Å². The van der Waals surface area contributed by atoms with Crippen molar-refractivity contribution < 1.29 is 4.79 Å². The first-order valence-corrected chi connectivity index (χ1v) is 6.73. The Morgan fingerprint density at radius 2 is 2.07 bits per heavy atom. The number of halogens is 1. The average molecular weight is 273 g/mol. The third-order valence-electron chi connectivity index (χ3n) is 2.79. The van der Waals surface area contributed by atoms with Crippen molar-refractivity contribution in [3.8, 4) is 0 Å². The molecule has 0 N–H and O–H groups in total. The van der Waals surface area contributed by atoms with Gasteiger partial charge in [0.15, 0.2) is 5.78 Å². The molecule has 14 heavy (non-hydrogen) atoms. The van der Waals surface area contributed by atoms with E-state index in [-0.39, 0.29) is 0 Å². The van der Waals surface area contributed by atoms with Crippen LogP contribution in [0, 0.1) is 5.92 Å². The second-order valence-corrected chi connectivity index (χ2v) is 5.66. The van der Waals surface area contributed by atoms with Crippen molar-refractivity contribution in [2.24, 2.45) is 5.92 Å². The lowest BCUT2D eigenvalue weighted by Gasteiger charge is -2.19. The third-order valence-corrected chi connectivity index (χ3v) is 4.49. The van der Waals surface area contributed by atoms with Gasteiger partial charge in [-0.2, -0.15) is 0 Å². The van der Waals surface area contributed by atoms with Crippen LogP contribution < -0.4 is 0 Å². The van der Waals surface area contributed by atoms with Gasteiger partial charge < -0.3 is 0 Å². The van der Waals surface area contributed by atoms with Crippen LogP contribution in [-0.4, -0.2) is 5.78 Å². The smallest absolute Gasteiger partial charge is 0.175 e. The first-order valence-electron chi connectivity index (χ1n) is 5.05. The first kappa shape index (κ1) is 10.4. The maximum absolute atomic E-state index is 12.0. The topological polar surface area (TPSA) is 17.1 Å². The monoisotopic (exact) mass is 272 g/mol. The second kappa shape index (κ2) is 4.58. The molecule has 0 atom stereocenters. The van der Waals surface area contributed by atoms with Gasteiger partial charge in [-0.15, -0.1) is 11.3 Å². The molecule has 3 heteroatoms. The molecule has 1 saturated carbocycles. The predicted molar refractivity (Wildman–Crippen MR) is 62.9 cm³/mol. The number of ketones is 1. The van der Waals surface area contributed by atoms with E-state index in [0.717, 1.165) is 22.2 Å². The number of rotatable bonds is 2. The van der Waals surface area contributed by atoms with E-state index in [0.29, 0.717) is 11.7 Å². The molecule has 0 unspecified atom stereocenters. The molecule has 1 aliphatic carbocycles. The lowest BCUT2D eigenvalue weighted by atomic mass is 9.86. The molecule has 0 aromatic carbocycles. The third kappa shape index (κ3) is 2.26. The van der Waals surface area contributed by atoms with Crippen LogP contribution >= 0.6 is 27.3 Å². The van der Waals surface area contributed by atoms with Gasteiger partial charge in [-0.25, -0.2) is 0 Å². The van der Waals surface area contributed by atoms with Crippen LogP contribution in [0.15, 0.2) is 15.9 Å². The number of Topliss-reactive ketones (excluding diaryl/α,β-unsaturated/α-hetero) is 1. The van der Waals surface area contributed by atoms with Crippen molar-refractivity contribution in [2.75, 3.05) is 0 Å². The highest BCUT2D eigenvalue weighted by molar-refractivity contribution is 9.10. The largest absolute Gasteiger partial charge is 0.293 e. The molecule has 1 fully saturated rings. The van der Waals surface area contributed by atoms with Crippen molar-refractivity contribution in [2.45, 2.75) is 32.1 Å². The zero-order valence-electron chi connectivity index (χ0n) is 7.96. The highest BCUT2D eigenvalue weighted by atomic mass is 79.9. The molecule has 0 bridgehead atoms. The molecule has 0 amide bonds. The standard InChI is InChI=1S/C11H13BrOS/c12-9-6-10(14-7-9)11(13)8-4-2-1-3-5-8/h6-8H,1-5H2. The van der Waals surface area contributed by atoms with Gasteiger partial charge in [0, 0.05) is 15.8 Å². The quantitative estimate of drug-likeness (QED) is 0.735. The van der Waals surface area contributed by atoms with E-state index in [9.17, 15) is 4.79 Å². The van der Waals surface area contributed by atoms with E-state index in [1.807, 2.05) is 11.4 Å². The summed E-state index contributed by atoms with van der Waals surface area (Å²) in [6.07, 6.45) is 5.94. The zero-order chi connectivity index (χ0) is 9.97. The van der Waals surface area contributed by atoms with Gasteiger partial charge in [-0.3, -0.25) is 4.79 Å². The van der Waals surface area contributed by atoms with Gasteiger partial charge in [0.1, 0.15) is 0 Å². The molecule has 76 valence electrons. The Morgan fingerprint density at radius 1 is 1.36 bits per heavy atom. The van der Waals surface area contributed by atoms with Crippen LogP contribution in [0.2, 0.25) is 0 Å². The highest BCUT2D eigenvalue weighted by Gasteiger charge is 2.23. The Balaban J connectivity index is 2.07. The molecule has 1 heterocycles. The summed E-state index contributed by atoms with van der Waals surface area (Å²) in [6.45, 7) is 0. The molecule has 0 aliphatic heterocycles. The summed E-state index contributed by atoms with van der Waals surface area (Å²) < 4.78 is 1.03. The van der Waals surface area contributed by atoms with Crippen molar-refractivity contribution in [1.82, 2.24) is 0 Å². The molecule has 0 radical (unpaired) electrons. The van der Waals surface area contributed by atoms with Gasteiger partial charge in [-0.05, 0) is 34.8 Å². The van der Waals surface area contributed by atoms with Gasteiger partial charge >= 0.3 is 0 Å². The Morgan fingerprint density at radius 3 is 2.64 bits per heavy atom. The molecule has 1 nitrogen and oxygen atoms in total. The number of hydrogen-bond acceptors (Lipinski definition) is 2. The van der Waals surface area contributed by atoms with E-state index >= 15 is 0 Å². The summed E-state index contributed by atoms with van der Waals surface area (Å²) in [4.78, 5) is 12.9. The summed E-state index contributed by atoms with van der Waals surface area (Å²) in [6, 6.07) is 1.95. The predicted octanol–water partition coefficient (Wildman–Crippen LogP) is 4.27. The maximum atomic E-state index is 12.0. The van der Waals surface area contributed by atoms with E-state index in [1.165, 1.54) is 19.3 Å². The summed E-state index contributed by atoms with van der Waals surface area (Å²) in [5.74, 6) is 0.662. The Hall–Kier alpha value is -0.150. The van der Waals surface area contributed by atoms with E-state index in [1.54, 1.807) is 11.3 Å². The van der Waals surface area contributed by atoms with Crippen molar-refractivity contribution in [3.63, 3.8) is 0 Å². The molecule has 1 aromatic rings. The Labute approximate surface area is 96.6 Å². The van der Waals surface area contributed by atoms with E-state index < -0.39 is 0 Å². The van der Waals surface area contributed by atoms with Crippen molar-refractivity contribution in [1.29, 1.82) is 0 Å². The summed E-state index contributed by atoms with van der Waals surface area (Å²) in [5.41, 5.74) is 0. The van der Waals surface area contributed by atoms with Crippen LogP contribution in [-0.2, 0) is 0 Å². The fourth-order valence-corrected chi connectivity index (χ4v) is 3.45. The van der Waals surface area contributed by atoms with Crippen LogP contribution in [0.5, 0.6) is 0 Å². The minimum absolute atomic E-state index is 0.300. The van der Waals surface area contributed by atoms with E-state index in [2.05, 4.69) is 15.9 Å². The minimum Gasteiger partial charge on any atom is -0.293 e. The molecular weight excluding hydrogens is 260 g/mol. The SMILES string of the molecule is O=C(c1cc(Br)cs1)C1CCCCC1. The fraction of sp³-hybridized carbons (Fsp3) is 0.545. The molecule has 0 saturated heterocycles. The molecule has 0 spiro atoms. The molecule has 1 aromatic heterocycles. The fourth-order valence-electron chi connectivity index (χ4n) is 2.01. The lowest BCUT2D eigenvalue weighted by Crippen LogP contribution is -2.16. The molecule has 2 rings (SSSR count). The number of thiophene rings is 1. The summed E-state index contributed by atoms with van der Waals surface area (Å²) in [5, 5.41) is 1.98. The minimum atomic E-state index is 0.300. The number of hydrogen-bond donors (Lipinski definition) is 0.